The molecule has 0 saturated carbocycles. The molecule has 0 bridgehead atoms. The van der Waals surface area contributed by atoms with Crippen molar-refractivity contribution in [3.05, 3.63) is 29.8 Å². The molecule has 1 aliphatic heterocycles. The molecular formula is C47H73N15O17S3. The molecule has 0 aromatic heterocycles. The second kappa shape index (κ2) is 36.0. The third kappa shape index (κ3) is 24.6. The van der Waals surface area contributed by atoms with Crippen molar-refractivity contribution in [3.8, 4) is 5.75 Å². The van der Waals surface area contributed by atoms with Crippen molar-refractivity contribution in [2.45, 2.75) is 131 Å². The van der Waals surface area contributed by atoms with E-state index in [1.807, 2.05) is 5.32 Å². The monoisotopic (exact) mass is 1220 g/mol. The summed E-state index contributed by atoms with van der Waals surface area (Å²) in [6.45, 7) is 0.233. The van der Waals surface area contributed by atoms with Gasteiger partial charge < -0.3 is 96.1 Å². The van der Waals surface area contributed by atoms with Crippen molar-refractivity contribution in [2.24, 2.45) is 22.9 Å². The van der Waals surface area contributed by atoms with Crippen LogP contribution in [0.4, 0.5) is 0 Å². The number of unbranched alkanes of at least 4 members (excludes halogenated alkanes) is 1. The Kier molecular flexibility index (Phi) is 30.9. The van der Waals surface area contributed by atoms with E-state index in [9.17, 15) is 77.6 Å². The highest BCUT2D eigenvalue weighted by Crippen LogP contribution is 2.21. The Balaban J connectivity index is 2.36. The first kappa shape index (κ1) is 70.5. The summed E-state index contributed by atoms with van der Waals surface area (Å²) in [7, 11) is 0. The SMILES string of the molecule is N=C(N)NCCC[C@H](N)C(=O)N[C@@H](CS)C(=O)N[C@@H](Cc1ccc(O)cc1)C(=O)N[C@@H](CC(N)=O)C(=O)N[C@@H](CC(=O)O)C(=O)N1CCC[C@H]1C(=O)N[C@@H](CCCCN)C(=O)N[C@@H](CS)C(=O)N[C@@H](CS)C(=O)N[C@@H](CC(=O)O)C(=O)O. The predicted molar refractivity (Wildman–Crippen MR) is 300 cm³/mol. The first-order chi connectivity index (χ1) is 38.6. The molecule has 0 spiro atoms. The van der Waals surface area contributed by atoms with Gasteiger partial charge in [-0.1, -0.05) is 12.1 Å². The summed E-state index contributed by atoms with van der Waals surface area (Å²) in [5.74, 6) is -16.8. The lowest BCUT2D eigenvalue weighted by Crippen LogP contribution is -2.61. The number of guanidine groups is 1. The van der Waals surface area contributed by atoms with Gasteiger partial charge in [0, 0.05) is 36.8 Å². The van der Waals surface area contributed by atoms with Crippen LogP contribution in [0.25, 0.3) is 0 Å². The molecule has 1 saturated heterocycles. The Morgan fingerprint density at radius 3 is 1.55 bits per heavy atom. The highest BCUT2D eigenvalue weighted by atomic mass is 32.1. The molecule has 32 nitrogen and oxygen atoms in total. The van der Waals surface area contributed by atoms with Crippen LogP contribution in [-0.4, -0.2) is 206 Å². The fourth-order valence-corrected chi connectivity index (χ4v) is 8.71. The van der Waals surface area contributed by atoms with Crippen LogP contribution >= 0.6 is 37.9 Å². The second-order valence-corrected chi connectivity index (χ2v) is 19.8. The van der Waals surface area contributed by atoms with Crippen molar-refractivity contribution in [2.75, 3.05) is 36.9 Å². The summed E-state index contributed by atoms with van der Waals surface area (Å²) in [5, 5.41) is 66.6. The topological polar surface area (TPSA) is 542 Å². The Hall–Kier alpha value is -7.63. The number of carbonyl (C=O) groups is 13. The summed E-state index contributed by atoms with van der Waals surface area (Å²) >= 11 is 12.3. The molecule has 10 atom stereocenters. The molecule has 456 valence electrons. The molecule has 35 heteroatoms. The van der Waals surface area contributed by atoms with E-state index in [0.29, 0.717) is 18.4 Å². The van der Waals surface area contributed by atoms with E-state index < -0.39 is 162 Å². The van der Waals surface area contributed by atoms with E-state index in [2.05, 4.69) is 80.4 Å². The summed E-state index contributed by atoms with van der Waals surface area (Å²) < 4.78 is 0. The van der Waals surface area contributed by atoms with Crippen molar-refractivity contribution in [1.29, 1.82) is 5.41 Å². The van der Waals surface area contributed by atoms with Gasteiger partial charge in [-0.05, 0) is 69.2 Å². The van der Waals surface area contributed by atoms with Gasteiger partial charge in [0.2, 0.25) is 59.1 Å². The van der Waals surface area contributed by atoms with Crippen molar-refractivity contribution in [1.82, 2.24) is 52.8 Å². The summed E-state index contributed by atoms with van der Waals surface area (Å²) in [5.41, 5.74) is 22.7. The van der Waals surface area contributed by atoms with Gasteiger partial charge >= 0.3 is 17.9 Å². The molecular weight excluding hydrogens is 1140 g/mol. The standard InChI is InChI=1S/C47H73N15O17S3/c48-12-2-1-6-25(38(70)60-32(21-82)43(75)61-31(20-81)42(74)58-29(46(78)79)18-36(67)68)54-44(76)33-7-4-14-62(33)45(77)28(17-35(65)66)57-40(72)27(16-34(50)64)56-39(71)26(15-22-8-10-23(63)11-9-22)55-41(73)30(19-80)59-37(69)24(49)5-3-13-53-47(51)52/h8-11,24-33,63,80-82H,1-7,12-21,48-49H2,(H2,50,64)(H,54,76)(H,55,73)(H,56,71)(H,57,72)(H,58,74)(H,59,69)(H,60,70)(H,61,75)(H,65,66)(H,67,68)(H,78,79)(H4,51,52,53)/t24-,25-,26-,27-,28-,29-,30-,31-,32-,33-/m0/s1. The van der Waals surface area contributed by atoms with Gasteiger partial charge in [-0.25, -0.2) is 4.79 Å². The molecule has 1 aromatic carbocycles. The van der Waals surface area contributed by atoms with Gasteiger partial charge in [0.15, 0.2) is 5.96 Å². The molecule has 0 unspecified atom stereocenters. The Bertz CT molecular complexity index is 2460. The Labute approximate surface area is 486 Å². The van der Waals surface area contributed by atoms with Crippen LogP contribution in [0.1, 0.15) is 69.8 Å². The van der Waals surface area contributed by atoms with Crippen LogP contribution in [0.5, 0.6) is 5.75 Å². The fraction of sp³-hybridized carbons (Fsp3) is 0.574. The second-order valence-electron chi connectivity index (χ2n) is 18.7. The number of hydrogen-bond acceptors (Lipinski definition) is 20. The summed E-state index contributed by atoms with van der Waals surface area (Å²) in [4.78, 5) is 171. The van der Waals surface area contributed by atoms with E-state index >= 15 is 0 Å². The number of likely N-dealkylation sites (tertiary alicyclic amines) is 1. The fourth-order valence-electron chi connectivity index (χ4n) is 7.94. The third-order valence-electron chi connectivity index (χ3n) is 12.2. The number of benzene rings is 1. The average molecular weight is 1220 g/mol. The first-order valence-corrected chi connectivity index (χ1v) is 27.4. The zero-order valence-electron chi connectivity index (χ0n) is 44.3. The molecule has 1 fully saturated rings. The van der Waals surface area contributed by atoms with Crippen LogP contribution in [-0.2, 0) is 68.7 Å². The molecule has 10 amide bonds. The number of phenols is 1. The largest absolute Gasteiger partial charge is 0.508 e. The molecule has 22 N–H and O–H groups in total. The van der Waals surface area contributed by atoms with E-state index in [1.54, 1.807) is 0 Å². The zero-order valence-corrected chi connectivity index (χ0v) is 47.0. The summed E-state index contributed by atoms with van der Waals surface area (Å²) in [6, 6.07) is -10.4. The number of nitrogens with one attached hydrogen (secondary N) is 10. The molecule has 82 heavy (non-hydrogen) atoms. The minimum atomic E-state index is -1.97. The van der Waals surface area contributed by atoms with Gasteiger partial charge in [0.25, 0.3) is 0 Å². The van der Waals surface area contributed by atoms with E-state index in [1.165, 1.54) is 24.3 Å². The zero-order chi connectivity index (χ0) is 61.8. The normalized spacial score (nSPS) is 16.1. The molecule has 1 heterocycles. The maximum Gasteiger partial charge on any atom is 0.326 e. The van der Waals surface area contributed by atoms with Gasteiger partial charge in [0.1, 0.15) is 60.1 Å². The highest BCUT2D eigenvalue weighted by molar-refractivity contribution is 7.80. The number of primary amides is 1. The predicted octanol–water partition coefficient (Wildman–Crippen LogP) is -6.78. The number of carbonyl (C=O) groups excluding carboxylic acids is 10. The lowest BCUT2D eigenvalue weighted by Gasteiger charge is -2.30. The van der Waals surface area contributed by atoms with Crippen molar-refractivity contribution in [3.63, 3.8) is 0 Å². The Morgan fingerprint density at radius 2 is 1.05 bits per heavy atom. The summed E-state index contributed by atoms with van der Waals surface area (Å²) in [6.07, 6.45) is -2.27. The van der Waals surface area contributed by atoms with Crippen LogP contribution in [0.2, 0.25) is 0 Å². The number of aliphatic carboxylic acids is 3. The highest BCUT2D eigenvalue weighted by Gasteiger charge is 2.41. The van der Waals surface area contributed by atoms with E-state index in [0.717, 1.165) is 4.90 Å². The number of carboxylic acid groups (broad SMARTS) is 3. The lowest BCUT2D eigenvalue weighted by atomic mass is 10.0. The van der Waals surface area contributed by atoms with Crippen molar-refractivity contribution < 1.29 is 82.8 Å². The maximum atomic E-state index is 14.3. The lowest BCUT2D eigenvalue weighted by molar-refractivity contribution is -0.147. The van der Waals surface area contributed by atoms with Crippen LogP contribution in [0.15, 0.2) is 24.3 Å². The number of carboxylic acids is 3. The van der Waals surface area contributed by atoms with Gasteiger partial charge in [-0.3, -0.25) is 62.9 Å². The maximum absolute atomic E-state index is 14.3. The van der Waals surface area contributed by atoms with Gasteiger partial charge in [-0.2, -0.15) is 37.9 Å². The van der Waals surface area contributed by atoms with E-state index in [4.69, 9.17) is 33.5 Å². The number of hydrogen-bond donors (Lipinski definition) is 21. The number of nitrogens with zero attached hydrogens (tertiary/aromatic N) is 1. The number of phenolic OH excluding ortho intramolecular Hbond substituents is 1. The van der Waals surface area contributed by atoms with Gasteiger partial charge in [-0.15, -0.1) is 0 Å². The molecule has 0 aliphatic carbocycles. The number of thiol groups is 3. The van der Waals surface area contributed by atoms with Gasteiger partial charge in [0.05, 0.1) is 25.3 Å². The van der Waals surface area contributed by atoms with Crippen LogP contribution in [0, 0.1) is 5.41 Å². The smallest absolute Gasteiger partial charge is 0.326 e. The molecule has 1 aromatic rings. The quantitative estimate of drug-likeness (QED) is 0.0127. The number of aromatic hydroxyl groups is 1. The number of nitrogens with two attached hydrogens (primary N) is 4. The Morgan fingerprint density at radius 1 is 0.585 bits per heavy atom. The molecule has 2 rings (SSSR count). The molecule has 0 radical (unpaired) electrons. The van der Waals surface area contributed by atoms with Crippen LogP contribution < -0.4 is 70.8 Å². The number of amides is 10. The first-order valence-electron chi connectivity index (χ1n) is 25.5. The third-order valence-corrected chi connectivity index (χ3v) is 13.3. The average Bonchev–Trinajstić information content (AvgIpc) is 3.97. The minimum Gasteiger partial charge on any atom is -0.508 e. The molecule has 1 aliphatic rings. The van der Waals surface area contributed by atoms with Crippen LogP contribution in [0.3, 0.4) is 0 Å². The number of rotatable bonds is 37. The van der Waals surface area contributed by atoms with Crippen molar-refractivity contribution >= 4 is 121 Å². The minimum absolute atomic E-state index is 0.0362. The van der Waals surface area contributed by atoms with E-state index in [-0.39, 0.29) is 81.4 Å².